The third-order valence-corrected chi connectivity index (χ3v) is 9.18. The van der Waals surface area contributed by atoms with Gasteiger partial charge < -0.3 is 13.9 Å². The van der Waals surface area contributed by atoms with Crippen molar-refractivity contribution in [3.8, 4) is 22.8 Å². The summed E-state index contributed by atoms with van der Waals surface area (Å²) in [7, 11) is 3.20. The van der Waals surface area contributed by atoms with Crippen molar-refractivity contribution in [2.75, 3.05) is 14.2 Å². The van der Waals surface area contributed by atoms with E-state index in [1.165, 1.54) is 29.0 Å². The van der Waals surface area contributed by atoms with Crippen LogP contribution in [0, 0.1) is 17.0 Å². The van der Waals surface area contributed by atoms with Crippen LogP contribution in [0.4, 0.5) is 5.69 Å². The first-order chi connectivity index (χ1) is 21.4. The molecule has 0 bridgehead atoms. The monoisotopic (exact) mass is 605 g/mol. The van der Waals surface area contributed by atoms with Crippen molar-refractivity contribution in [3.63, 3.8) is 0 Å². The SMILES string of the molecule is COc1ccc([C@@H]2C3=C(N=c4s/c(=C\c5ccc(-c6cc([N+](=O)[O-])ccc6C)o5)c(=O)n42)c2ccccc2CC3)cc1OC. The molecule has 1 aliphatic heterocycles. The number of allylic oxidation sites excluding steroid dienone is 1. The summed E-state index contributed by atoms with van der Waals surface area (Å²) < 4.78 is 19.4. The fourth-order valence-electron chi connectivity index (χ4n) is 6.04. The van der Waals surface area contributed by atoms with E-state index in [0.29, 0.717) is 37.9 Å². The van der Waals surface area contributed by atoms with Crippen LogP contribution < -0.4 is 24.4 Å². The Kier molecular flexibility index (Phi) is 6.78. The molecule has 2 aromatic heterocycles. The van der Waals surface area contributed by atoms with Gasteiger partial charge >= 0.3 is 0 Å². The first kappa shape index (κ1) is 27.6. The van der Waals surface area contributed by atoms with E-state index < -0.39 is 4.92 Å². The first-order valence-corrected chi connectivity index (χ1v) is 14.9. The quantitative estimate of drug-likeness (QED) is 0.178. The van der Waals surface area contributed by atoms with Crippen molar-refractivity contribution >= 4 is 28.8 Å². The van der Waals surface area contributed by atoms with E-state index >= 15 is 0 Å². The zero-order chi connectivity index (χ0) is 30.5. The largest absolute Gasteiger partial charge is 0.493 e. The van der Waals surface area contributed by atoms with E-state index in [9.17, 15) is 14.9 Å². The minimum Gasteiger partial charge on any atom is -0.493 e. The number of benzene rings is 3. The molecule has 3 aromatic carbocycles. The van der Waals surface area contributed by atoms with E-state index in [-0.39, 0.29) is 17.3 Å². The highest BCUT2D eigenvalue weighted by atomic mass is 32.1. The maximum Gasteiger partial charge on any atom is 0.271 e. The fraction of sp³-hybridized carbons (Fsp3) is 0.176. The Hall–Kier alpha value is -5.22. The minimum absolute atomic E-state index is 0.0161. The molecule has 0 saturated carbocycles. The van der Waals surface area contributed by atoms with E-state index in [2.05, 4.69) is 12.1 Å². The summed E-state index contributed by atoms with van der Waals surface area (Å²) in [5.74, 6) is 2.15. The topological polar surface area (TPSA) is 109 Å². The minimum atomic E-state index is -0.430. The van der Waals surface area contributed by atoms with Crippen LogP contribution in [0.15, 0.2) is 92.6 Å². The molecule has 0 unspecified atom stereocenters. The first-order valence-electron chi connectivity index (χ1n) is 14.1. The highest BCUT2D eigenvalue weighted by Gasteiger charge is 2.33. The van der Waals surface area contributed by atoms with Crippen molar-refractivity contribution in [3.05, 3.63) is 136 Å². The maximum atomic E-state index is 14.1. The van der Waals surface area contributed by atoms with Crippen molar-refractivity contribution in [2.45, 2.75) is 25.8 Å². The van der Waals surface area contributed by atoms with Gasteiger partial charge in [0.25, 0.3) is 11.2 Å². The molecule has 9 nitrogen and oxygen atoms in total. The average molecular weight is 606 g/mol. The van der Waals surface area contributed by atoms with Gasteiger partial charge in [0, 0.05) is 29.3 Å². The summed E-state index contributed by atoms with van der Waals surface area (Å²) in [6, 6.07) is 21.9. The molecule has 3 heterocycles. The number of aryl methyl sites for hydroxylation is 2. The Morgan fingerprint density at radius 3 is 2.61 bits per heavy atom. The van der Waals surface area contributed by atoms with Crippen LogP contribution in [0.1, 0.15) is 40.5 Å². The lowest BCUT2D eigenvalue weighted by Crippen LogP contribution is -2.38. The van der Waals surface area contributed by atoms with E-state index in [1.54, 1.807) is 43.1 Å². The van der Waals surface area contributed by atoms with Crippen LogP contribution in [0.2, 0.25) is 0 Å². The number of fused-ring (bicyclic) bond motifs is 3. The number of hydrogen-bond donors (Lipinski definition) is 0. The number of non-ortho nitro benzene ring substituents is 1. The highest BCUT2D eigenvalue weighted by Crippen LogP contribution is 2.43. The molecule has 7 rings (SSSR count). The lowest BCUT2D eigenvalue weighted by Gasteiger charge is -2.31. The van der Waals surface area contributed by atoms with Crippen LogP contribution in [0.25, 0.3) is 23.1 Å². The maximum absolute atomic E-state index is 14.1. The van der Waals surface area contributed by atoms with Gasteiger partial charge in [-0.15, -0.1) is 0 Å². The molecule has 0 fully saturated rings. The molecule has 0 N–H and O–H groups in total. The summed E-state index contributed by atoms with van der Waals surface area (Å²) in [6.45, 7) is 1.87. The summed E-state index contributed by atoms with van der Waals surface area (Å²) in [4.78, 5) is 30.7. The molecule has 0 saturated heterocycles. The Balaban J connectivity index is 1.39. The molecule has 0 amide bonds. The number of methoxy groups -OCH3 is 2. The molecular weight excluding hydrogens is 578 g/mol. The van der Waals surface area contributed by atoms with Gasteiger partial charge in [-0.05, 0) is 66.3 Å². The number of hydrogen-bond acceptors (Lipinski definition) is 8. The Morgan fingerprint density at radius 2 is 1.82 bits per heavy atom. The predicted octanol–water partition coefficient (Wildman–Crippen LogP) is 5.81. The Labute approximate surface area is 255 Å². The molecule has 0 spiro atoms. The standard InChI is InChI=1S/C34H27N3O6S/c1-19-8-11-22(37(39)40)17-26(19)27-15-12-23(43-27)18-30-33(38)36-32(21-10-14-28(41-2)29(16-21)42-3)25-13-9-20-6-4-5-7-24(20)31(25)35-34(36)44-30/h4-8,10-12,14-18,32H,9,13H2,1-3H3/b30-18-/t32-/m1/s1. The predicted molar refractivity (Wildman–Crippen MR) is 168 cm³/mol. The molecule has 2 aliphatic rings. The zero-order valence-electron chi connectivity index (χ0n) is 24.2. The van der Waals surface area contributed by atoms with Crippen molar-refractivity contribution in [1.29, 1.82) is 0 Å². The Bertz CT molecular complexity index is 2190. The molecule has 10 heteroatoms. The van der Waals surface area contributed by atoms with E-state index in [4.69, 9.17) is 18.9 Å². The third-order valence-electron chi connectivity index (χ3n) is 8.19. The number of nitro groups is 1. The smallest absolute Gasteiger partial charge is 0.271 e. The Morgan fingerprint density at radius 1 is 1.00 bits per heavy atom. The van der Waals surface area contributed by atoms with Gasteiger partial charge in [0.1, 0.15) is 11.5 Å². The van der Waals surface area contributed by atoms with E-state index in [1.807, 2.05) is 37.3 Å². The molecular formula is C34H27N3O6S. The molecule has 1 aliphatic carbocycles. The second-order valence-electron chi connectivity index (χ2n) is 10.7. The van der Waals surface area contributed by atoms with Crippen molar-refractivity contribution in [2.24, 2.45) is 4.99 Å². The number of aromatic nitrogens is 1. The second-order valence-corrected chi connectivity index (χ2v) is 11.7. The molecule has 0 radical (unpaired) electrons. The molecule has 220 valence electrons. The van der Waals surface area contributed by atoms with Crippen LogP contribution >= 0.6 is 11.3 Å². The van der Waals surface area contributed by atoms with Crippen LogP contribution in [-0.2, 0) is 6.42 Å². The molecule has 1 atom stereocenters. The number of ether oxygens (including phenoxy) is 2. The number of nitro benzene ring substituents is 1. The normalized spacial score (nSPS) is 15.7. The van der Waals surface area contributed by atoms with Gasteiger partial charge in [0.2, 0.25) is 0 Å². The summed E-state index contributed by atoms with van der Waals surface area (Å²) in [5.41, 5.74) is 6.48. The van der Waals surface area contributed by atoms with Crippen molar-refractivity contribution in [1.82, 2.24) is 4.57 Å². The molecule has 5 aromatic rings. The van der Waals surface area contributed by atoms with Gasteiger partial charge in [-0.2, -0.15) is 0 Å². The molecule has 44 heavy (non-hydrogen) atoms. The summed E-state index contributed by atoms with van der Waals surface area (Å²) >= 11 is 1.31. The number of furan rings is 1. The fourth-order valence-corrected chi connectivity index (χ4v) is 7.02. The number of rotatable bonds is 6. The van der Waals surface area contributed by atoms with Gasteiger partial charge in [-0.3, -0.25) is 19.5 Å². The van der Waals surface area contributed by atoms with Crippen LogP contribution in [0.3, 0.4) is 0 Å². The second kappa shape index (κ2) is 10.8. The summed E-state index contributed by atoms with van der Waals surface area (Å²) in [5, 5.41) is 11.3. The zero-order valence-corrected chi connectivity index (χ0v) is 25.0. The van der Waals surface area contributed by atoms with Gasteiger partial charge in [0.05, 0.1) is 35.4 Å². The number of nitrogens with zero attached hydrogens (tertiary/aromatic N) is 3. The third kappa shape index (κ3) is 4.55. The van der Waals surface area contributed by atoms with Crippen LogP contribution in [0.5, 0.6) is 11.5 Å². The van der Waals surface area contributed by atoms with Gasteiger partial charge in [-0.1, -0.05) is 47.7 Å². The lowest BCUT2D eigenvalue weighted by atomic mass is 9.83. The van der Waals surface area contributed by atoms with Crippen LogP contribution in [-0.4, -0.2) is 23.7 Å². The summed E-state index contributed by atoms with van der Waals surface area (Å²) in [6.07, 6.45) is 3.33. The van der Waals surface area contributed by atoms with Gasteiger partial charge in [0.15, 0.2) is 16.3 Å². The van der Waals surface area contributed by atoms with Gasteiger partial charge in [-0.25, -0.2) is 4.99 Å². The number of thiazole rings is 1. The van der Waals surface area contributed by atoms with Crippen molar-refractivity contribution < 1.29 is 18.8 Å². The highest BCUT2D eigenvalue weighted by molar-refractivity contribution is 7.07. The lowest BCUT2D eigenvalue weighted by molar-refractivity contribution is -0.384. The van der Waals surface area contributed by atoms with E-state index in [0.717, 1.165) is 40.8 Å². The average Bonchev–Trinajstić information content (AvgIpc) is 3.63.